The Morgan fingerprint density at radius 3 is 1.78 bits per heavy atom. The van der Waals surface area contributed by atoms with Gasteiger partial charge in [0.2, 0.25) is 5.45 Å². The maximum atomic E-state index is 8.90. The van der Waals surface area contributed by atoms with Crippen molar-refractivity contribution >= 4 is 13.2 Å². The van der Waals surface area contributed by atoms with Crippen LogP contribution in [0.2, 0.25) is 0 Å². The lowest BCUT2D eigenvalue weighted by atomic mass is 10.2. The molecule has 0 aliphatic carbocycles. The molecule has 0 amide bonds. The summed E-state index contributed by atoms with van der Waals surface area (Å²) in [6.45, 7) is 4.84. The quantitative estimate of drug-likeness (QED) is 0.407. The van der Waals surface area contributed by atoms with Crippen LogP contribution in [0.4, 0.5) is 0 Å². The molecule has 0 aliphatic rings. The Hall–Kier alpha value is 0.0200. The van der Waals surface area contributed by atoms with Crippen molar-refractivity contribution < 1.29 is 9.79 Å². The molecule has 0 bridgehead atoms. The summed E-state index contributed by atoms with van der Waals surface area (Å²) >= 11 is 0. The van der Waals surface area contributed by atoms with Crippen molar-refractivity contribution in [3.8, 4) is 0 Å². The molecule has 4 heteroatoms. The zero-order valence-corrected chi connectivity index (χ0v) is 6.81. The molecule has 0 aromatic rings. The van der Waals surface area contributed by atoms with E-state index in [1.807, 2.05) is 0 Å². The van der Waals surface area contributed by atoms with Gasteiger partial charge in [-0.25, -0.2) is 9.79 Å². The molecule has 0 saturated heterocycles. The summed E-state index contributed by atoms with van der Waals surface area (Å²) < 4.78 is 0. The number of hydrogen-bond acceptors (Lipinski definition) is 3. The Bertz CT molecular complexity index is 117. The molecule has 9 heavy (non-hydrogen) atoms. The molecule has 3 nitrogen and oxygen atoms in total. The molecule has 0 aliphatic heterocycles. The molecule has 0 rings (SSSR count). The summed E-state index contributed by atoms with van der Waals surface area (Å²) in [4.78, 5) is 17.8. The first-order valence-corrected chi connectivity index (χ1v) is 4.91. The summed E-state index contributed by atoms with van der Waals surface area (Å²) in [6, 6.07) is 0. The van der Waals surface area contributed by atoms with Crippen LogP contribution in [0.1, 0.15) is 13.8 Å². The topological polar surface area (TPSA) is 64.3 Å². The summed E-state index contributed by atoms with van der Waals surface area (Å²) in [5.74, 6) is -0.0571. The summed E-state index contributed by atoms with van der Waals surface area (Å²) in [5.41, 5.74) is 0.0579. The van der Waals surface area contributed by atoms with Crippen LogP contribution < -0.4 is 0 Å². The monoisotopic (exact) mass is 150 g/mol. The zero-order valence-electron chi connectivity index (χ0n) is 5.92. The van der Waals surface area contributed by atoms with Gasteiger partial charge in [-0.05, 0) is 0 Å². The molecule has 0 aromatic heterocycles. The fourth-order valence-corrected chi connectivity index (χ4v) is 1.47. The first kappa shape index (κ1) is 9.02. The maximum absolute atomic E-state index is 8.90. The molecule has 0 spiro atoms. The summed E-state index contributed by atoms with van der Waals surface area (Å²) in [5, 5.41) is 7.14. The van der Waals surface area contributed by atoms with E-state index in [4.69, 9.17) is 15.2 Å². The highest BCUT2D eigenvalue weighted by atomic mass is 31.2. The van der Waals surface area contributed by atoms with Crippen molar-refractivity contribution in [2.45, 2.75) is 13.8 Å². The van der Waals surface area contributed by atoms with Crippen molar-refractivity contribution in [1.82, 2.24) is 0 Å². The van der Waals surface area contributed by atoms with Crippen molar-refractivity contribution in [3.05, 3.63) is 0 Å². The van der Waals surface area contributed by atoms with E-state index in [0.29, 0.717) is 0 Å². The zero-order chi connectivity index (χ0) is 7.65. The fraction of sp³-hybridized carbons (Fsp3) is 0.800. The van der Waals surface area contributed by atoms with Crippen LogP contribution in [0.5, 0.6) is 0 Å². The minimum absolute atomic E-state index is 0.0571. The highest BCUT2D eigenvalue weighted by Gasteiger charge is 2.34. The first-order chi connectivity index (χ1) is 3.85. The number of hydrogen-bond donors (Lipinski definition) is 3. The van der Waals surface area contributed by atoms with Gasteiger partial charge in [-0.3, -0.25) is 5.41 Å². The van der Waals surface area contributed by atoms with E-state index in [9.17, 15) is 0 Å². The second-order valence-electron chi connectivity index (χ2n) is 2.45. The molecule has 0 saturated carbocycles. The van der Waals surface area contributed by atoms with Gasteiger partial charge in [-0.2, -0.15) is 0 Å². The van der Waals surface area contributed by atoms with Crippen molar-refractivity contribution in [2.24, 2.45) is 5.92 Å². The number of nitrogens with one attached hydrogen (secondary N) is 1. The first-order valence-electron chi connectivity index (χ1n) is 2.76. The molecular formula is C5H13NO2P+. The second kappa shape index (κ2) is 2.74. The Kier molecular flexibility index (Phi) is 2.74. The van der Waals surface area contributed by atoms with E-state index >= 15 is 0 Å². The fourth-order valence-electron chi connectivity index (χ4n) is 0.489. The highest BCUT2D eigenvalue weighted by Crippen LogP contribution is 2.48. The largest absolute Gasteiger partial charge is 0.310 e. The van der Waals surface area contributed by atoms with Crippen molar-refractivity contribution in [2.75, 3.05) is 6.66 Å². The van der Waals surface area contributed by atoms with E-state index in [1.165, 1.54) is 6.66 Å². The number of rotatable bonds is 2. The summed E-state index contributed by atoms with van der Waals surface area (Å²) in [6.07, 6.45) is 0. The van der Waals surface area contributed by atoms with Gasteiger partial charge >= 0.3 is 7.72 Å². The Balaban J connectivity index is 4.06. The minimum atomic E-state index is -2.98. The third kappa shape index (κ3) is 2.89. The van der Waals surface area contributed by atoms with Gasteiger partial charge in [-0.15, -0.1) is 0 Å². The van der Waals surface area contributed by atoms with E-state index in [2.05, 4.69) is 0 Å². The normalized spacial score (nSPS) is 12.2. The molecular weight excluding hydrogens is 137 g/mol. The molecule has 3 N–H and O–H groups in total. The molecule has 54 valence electrons. The van der Waals surface area contributed by atoms with Gasteiger partial charge < -0.3 is 0 Å². The standard InChI is InChI=1S/C5H13NO2P/c1-4(2)5(6)9(3,7)8/h4,6-8H,1-3H3/q+1. The predicted octanol–water partition coefficient (Wildman–Crippen LogP) is 1.08. The minimum Gasteiger partial charge on any atom is -0.267 e. The molecule has 0 fully saturated rings. The average molecular weight is 150 g/mol. The van der Waals surface area contributed by atoms with E-state index < -0.39 is 7.72 Å². The Labute approximate surface area is 55.7 Å². The van der Waals surface area contributed by atoms with Crippen LogP contribution in [0.15, 0.2) is 0 Å². The van der Waals surface area contributed by atoms with Crippen LogP contribution in [-0.2, 0) is 0 Å². The van der Waals surface area contributed by atoms with Crippen LogP contribution >= 0.6 is 7.72 Å². The van der Waals surface area contributed by atoms with Crippen LogP contribution in [0, 0.1) is 11.3 Å². The average Bonchev–Trinajstić information content (AvgIpc) is 1.62. The third-order valence-electron chi connectivity index (χ3n) is 1.00. The SMILES string of the molecule is CC(C)C(=N)[P+](C)(O)O. The van der Waals surface area contributed by atoms with Gasteiger partial charge in [0.05, 0.1) is 0 Å². The maximum Gasteiger partial charge on any atom is 0.310 e. The van der Waals surface area contributed by atoms with Crippen LogP contribution in [-0.4, -0.2) is 21.9 Å². The predicted molar refractivity (Wildman–Crippen MR) is 39.8 cm³/mol. The van der Waals surface area contributed by atoms with Gasteiger partial charge in [0.15, 0.2) is 0 Å². The highest BCUT2D eigenvalue weighted by molar-refractivity contribution is 7.80. The molecule has 0 unspecified atom stereocenters. The second-order valence-corrected chi connectivity index (χ2v) is 4.76. The smallest absolute Gasteiger partial charge is 0.267 e. The molecule has 0 aromatic carbocycles. The van der Waals surface area contributed by atoms with Gasteiger partial charge in [0, 0.05) is 5.92 Å². The van der Waals surface area contributed by atoms with Crippen LogP contribution in [0.25, 0.3) is 0 Å². The Morgan fingerprint density at radius 1 is 1.44 bits per heavy atom. The lowest BCUT2D eigenvalue weighted by Gasteiger charge is -2.08. The van der Waals surface area contributed by atoms with Gasteiger partial charge in [0.25, 0.3) is 0 Å². The summed E-state index contributed by atoms with van der Waals surface area (Å²) in [7, 11) is -2.98. The van der Waals surface area contributed by atoms with Gasteiger partial charge in [0.1, 0.15) is 6.66 Å². The molecule has 0 radical (unpaired) electrons. The lowest BCUT2D eigenvalue weighted by molar-refractivity contribution is 0.474. The van der Waals surface area contributed by atoms with E-state index in [1.54, 1.807) is 13.8 Å². The van der Waals surface area contributed by atoms with Crippen molar-refractivity contribution in [1.29, 1.82) is 5.41 Å². The molecule has 0 atom stereocenters. The van der Waals surface area contributed by atoms with Crippen LogP contribution in [0.3, 0.4) is 0 Å². The van der Waals surface area contributed by atoms with E-state index in [-0.39, 0.29) is 11.4 Å². The molecule has 0 heterocycles. The lowest BCUT2D eigenvalue weighted by Crippen LogP contribution is -2.09. The van der Waals surface area contributed by atoms with Crippen molar-refractivity contribution in [3.63, 3.8) is 0 Å². The third-order valence-corrected chi connectivity index (χ3v) is 2.43. The van der Waals surface area contributed by atoms with Gasteiger partial charge in [-0.1, -0.05) is 13.8 Å². The van der Waals surface area contributed by atoms with E-state index in [0.717, 1.165) is 0 Å². The Morgan fingerprint density at radius 2 is 1.78 bits per heavy atom.